The molecule has 1 atom stereocenters. The van der Waals surface area contributed by atoms with Crippen LogP contribution in [0.4, 0.5) is 0 Å². The fourth-order valence-corrected chi connectivity index (χ4v) is 1.84. The lowest BCUT2D eigenvalue weighted by atomic mass is 10.0. The monoisotopic (exact) mass is 315 g/mol. The zero-order valence-corrected chi connectivity index (χ0v) is 12.1. The standard InChI is InChI=1S/C13H18BrNO3/c1-9(2)11(7-8-16)15-13(17)6-4-10-3-5-12(14)18-10/h3-6,9,11,16H,7-8H2,1-2H3,(H,15,17)/b6-4+. The second kappa shape index (κ2) is 7.38. The van der Waals surface area contributed by atoms with Gasteiger partial charge in [-0.25, -0.2) is 0 Å². The van der Waals surface area contributed by atoms with Crippen LogP contribution in [0.3, 0.4) is 0 Å². The highest BCUT2D eigenvalue weighted by Gasteiger charge is 2.13. The van der Waals surface area contributed by atoms with Gasteiger partial charge in [0, 0.05) is 18.7 Å². The van der Waals surface area contributed by atoms with Crippen molar-refractivity contribution in [3.63, 3.8) is 0 Å². The Labute approximate surface area is 115 Å². The van der Waals surface area contributed by atoms with Gasteiger partial charge in [0.15, 0.2) is 4.67 Å². The third-order valence-corrected chi connectivity index (χ3v) is 2.99. The van der Waals surface area contributed by atoms with E-state index in [1.807, 2.05) is 13.8 Å². The molecule has 0 aliphatic carbocycles. The first-order valence-corrected chi connectivity index (χ1v) is 6.67. The third kappa shape index (κ3) is 5.06. The van der Waals surface area contributed by atoms with Gasteiger partial charge in [0.25, 0.3) is 0 Å². The van der Waals surface area contributed by atoms with E-state index in [9.17, 15) is 4.79 Å². The van der Waals surface area contributed by atoms with Crippen LogP contribution in [-0.4, -0.2) is 23.7 Å². The van der Waals surface area contributed by atoms with Crippen LogP contribution in [0, 0.1) is 5.92 Å². The van der Waals surface area contributed by atoms with Crippen molar-refractivity contribution < 1.29 is 14.3 Å². The van der Waals surface area contributed by atoms with Gasteiger partial charge >= 0.3 is 0 Å². The molecule has 0 spiro atoms. The average Bonchev–Trinajstić information content (AvgIpc) is 2.72. The van der Waals surface area contributed by atoms with Crippen molar-refractivity contribution in [1.82, 2.24) is 5.32 Å². The Kier molecular flexibility index (Phi) is 6.15. The van der Waals surface area contributed by atoms with Crippen LogP contribution in [-0.2, 0) is 4.79 Å². The third-order valence-electron chi connectivity index (χ3n) is 2.57. The Morgan fingerprint density at radius 3 is 2.78 bits per heavy atom. The normalized spacial score (nSPS) is 13.2. The van der Waals surface area contributed by atoms with Crippen molar-refractivity contribution in [1.29, 1.82) is 0 Å². The summed E-state index contributed by atoms with van der Waals surface area (Å²) in [5.41, 5.74) is 0. The van der Waals surface area contributed by atoms with Gasteiger partial charge in [-0.15, -0.1) is 0 Å². The molecule has 1 aromatic rings. The first kappa shape index (κ1) is 15.0. The molecule has 0 bridgehead atoms. The van der Waals surface area contributed by atoms with Crippen LogP contribution in [0.25, 0.3) is 6.08 Å². The lowest BCUT2D eigenvalue weighted by Gasteiger charge is -2.20. The Morgan fingerprint density at radius 2 is 2.28 bits per heavy atom. The number of hydrogen-bond acceptors (Lipinski definition) is 3. The minimum Gasteiger partial charge on any atom is -0.450 e. The van der Waals surface area contributed by atoms with Gasteiger partial charge < -0.3 is 14.8 Å². The second-order valence-corrected chi connectivity index (χ2v) is 5.13. The molecule has 2 N–H and O–H groups in total. The van der Waals surface area contributed by atoms with Crippen LogP contribution in [0.2, 0.25) is 0 Å². The maximum absolute atomic E-state index is 11.7. The van der Waals surface area contributed by atoms with E-state index in [2.05, 4.69) is 21.2 Å². The number of furan rings is 1. The van der Waals surface area contributed by atoms with E-state index in [0.29, 0.717) is 16.9 Å². The molecule has 1 amide bonds. The van der Waals surface area contributed by atoms with Crippen LogP contribution in [0.5, 0.6) is 0 Å². The molecule has 0 saturated carbocycles. The largest absolute Gasteiger partial charge is 0.450 e. The highest BCUT2D eigenvalue weighted by Crippen LogP contribution is 2.15. The van der Waals surface area contributed by atoms with Gasteiger partial charge in [-0.2, -0.15) is 0 Å². The Hall–Kier alpha value is -1.07. The van der Waals surface area contributed by atoms with E-state index in [1.165, 1.54) is 6.08 Å². The second-order valence-electron chi connectivity index (χ2n) is 4.35. The number of nitrogens with one attached hydrogen (secondary N) is 1. The zero-order chi connectivity index (χ0) is 13.5. The van der Waals surface area contributed by atoms with Crippen LogP contribution < -0.4 is 5.32 Å². The van der Waals surface area contributed by atoms with Crippen LogP contribution >= 0.6 is 15.9 Å². The first-order valence-electron chi connectivity index (χ1n) is 5.87. The number of rotatable bonds is 6. The van der Waals surface area contributed by atoms with Gasteiger partial charge in [0.1, 0.15) is 5.76 Å². The predicted molar refractivity (Wildman–Crippen MR) is 73.9 cm³/mol. The molecule has 5 heteroatoms. The summed E-state index contributed by atoms with van der Waals surface area (Å²) < 4.78 is 5.87. The van der Waals surface area contributed by atoms with Gasteiger partial charge in [-0.3, -0.25) is 4.79 Å². The maximum Gasteiger partial charge on any atom is 0.244 e. The van der Waals surface area contributed by atoms with Crippen molar-refractivity contribution in [2.75, 3.05) is 6.61 Å². The summed E-state index contributed by atoms with van der Waals surface area (Å²) in [6.45, 7) is 4.08. The molecule has 1 heterocycles. The minimum atomic E-state index is -0.185. The smallest absolute Gasteiger partial charge is 0.244 e. The Morgan fingerprint density at radius 1 is 1.56 bits per heavy atom. The molecule has 0 radical (unpaired) electrons. The number of aliphatic hydroxyl groups is 1. The van der Waals surface area contributed by atoms with Gasteiger partial charge in [0.2, 0.25) is 5.91 Å². The predicted octanol–water partition coefficient (Wildman–Crippen LogP) is 2.58. The fourth-order valence-electron chi connectivity index (χ4n) is 1.52. The quantitative estimate of drug-likeness (QED) is 0.793. The molecule has 4 nitrogen and oxygen atoms in total. The van der Waals surface area contributed by atoms with Gasteiger partial charge in [-0.05, 0) is 46.5 Å². The highest BCUT2D eigenvalue weighted by molar-refractivity contribution is 9.10. The van der Waals surface area contributed by atoms with Gasteiger partial charge in [-0.1, -0.05) is 13.8 Å². The topological polar surface area (TPSA) is 62.5 Å². The van der Waals surface area contributed by atoms with Gasteiger partial charge in [0.05, 0.1) is 0 Å². The first-order chi connectivity index (χ1) is 8.52. The summed E-state index contributed by atoms with van der Waals surface area (Å²) in [7, 11) is 0. The summed E-state index contributed by atoms with van der Waals surface area (Å²) in [4.78, 5) is 11.7. The molecular formula is C13H18BrNO3. The lowest BCUT2D eigenvalue weighted by Crippen LogP contribution is -2.38. The van der Waals surface area contributed by atoms with Crippen molar-refractivity contribution in [3.05, 3.63) is 28.6 Å². The van der Waals surface area contributed by atoms with Crippen molar-refractivity contribution >= 4 is 27.9 Å². The Bertz CT molecular complexity index is 412. The molecule has 1 rings (SSSR count). The number of amides is 1. The van der Waals surface area contributed by atoms with Crippen LogP contribution in [0.15, 0.2) is 27.3 Å². The molecule has 1 unspecified atom stereocenters. The van der Waals surface area contributed by atoms with E-state index in [4.69, 9.17) is 9.52 Å². The van der Waals surface area contributed by atoms with Crippen molar-refractivity contribution in [3.8, 4) is 0 Å². The highest BCUT2D eigenvalue weighted by atomic mass is 79.9. The van der Waals surface area contributed by atoms with Crippen molar-refractivity contribution in [2.24, 2.45) is 5.92 Å². The molecular weight excluding hydrogens is 298 g/mol. The molecule has 0 saturated heterocycles. The summed E-state index contributed by atoms with van der Waals surface area (Å²) in [6, 6.07) is 3.51. The minimum absolute atomic E-state index is 0.0181. The van der Waals surface area contributed by atoms with E-state index >= 15 is 0 Å². The number of carbonyl (C=O) groups is 1. The van der Waals surface area contributed by atoms with E-state index in [0.717, 1.165) is 0 Å². The number of aliphatic hydroxyl groups excluding tert-OH is 1. The molecule has 0 fully saturated rings. The molecule has 1 aromatic heterocycles. The molecule has 18 heavy (non-hydrogen) atoms. The molecule has 0 aliphatic rings. The zero-order valence-electron chi connectivity index (χ0n) is 10.5. The number of halogens is 1. The number of carbonyl (C=O) groups excluding carboxylic acids is 1. The van der Waals surface area contributed by atoms with Crippen LogP contribution in [0.1, 0.15) is 26.0 Å². The Balaban J connectivity index is 2.52. The van der Waals surface area contributed by atoms with E-state index in [1.54, 1.807) is 18.2 Å². The SMILES string of the molecule is CC(C)C(CCO)NC(=O)/C=C/c1ccc(Br)o1. The molecule has 100 valence electrons. The van der Waals surface area contributed by atoms with Crippen molar-refractivity contribution in [2.45, 2.75) is 26.3 Å². The summed E-state index contributed by atoms with van der Waals surface area (Å²) in [6.07, 6.45) is 3.60. The summed E-state index contributed by atoms with van der Waals surface area (Å²) >= 11 is 3.19. The average molecular weight is 316 g/mol. The summed E-state index contributed by atoms with van der Waals surface area (Å²) in [5, 5.41) is 11.8. The lowest BCUT2D eigenvalue weighted by molar-refractivity contribution is -0.117. The maximum atomic E-state index is 11.7. The molecule has 0 aliphatic heterocycles. The number of hydrogen-bond donors (Lipinski definition) is 2. The summed E-state index contributed by atoms with van der Waals surface area (Å²) in [5.74, 6) is 0.710. The fraction of sp³-hybridized carbons (Fsp3) is 0.462. The van der Waals surface area contributed by atoms with E-state index in [-0.39, 0.29) is 24.5 Å². The molecule has 0 aromatic carbocycles. The van der Waals surface area contributed by atoms with E-state index < -0.39 is 0 Å².